The van der Waals surface area contributed by atoms with Gasteiger partial charge in [0.15, 0.2) is 0 Å². The molecule has 0 aliphatic rings. The summed E-state index contributed by atoms with van der Waals surface area (Å²) >= 11 is 0. The molecule has 0 saturated heterocycles. The van der Waals surface area contributed by atoms with E-state index >= 15 is 0 Å². The van der Waals surface area contributed by atoms with Crippen molar-refractivity contribution in [3.8, 4) is 11.5 Å². The Balaban J connectivity index is 1.85. The Labute approximate surface area is 215 Å². The van der Waals surface area contributed by atoms with E-state index in [0.717, 1.165) is 0 Å². The largest absolute Gasteiger partial charge is 0.508 e. The molecule has 1 atom stereocenters. The Bertz CT molecular complexity index is 1400. The quantitative estimate of drug-likeness (QED) is 0.355. The maximum atomic E-state index is 14.1. The molecule has 1 unspecified atom stereocenters. The van der Waals surface area contributed by atoms with Crippen LogP contribution in [0.5, 0.6) is 11.5 Å². The Morgan fingerprint density at radius 2 is 1.73 bits per heavy atom. The number of anilines is 1. The minimum Gasteiger partial charge on any atom is -0.508 e. The van der Waals surface area contributed by atoms with Crippen molar-refractivity contribution in [2.24, 2.45) is 0 Å². The number of fused-ring (bicyclic) bond motifs is 1. The summed E-state index contributed by atoms with van der Waals surface area (Å²) in [6, 6.07) is 19.6. The minimum atomic E-state index is -1.05. The molecule has 0 saturated carbocycles. The third-order valence-corrected chi connectivity index (χ3v) is 6.38. The highest BCUT2D eigenvalue weighted by Crippen LogP contribution is 2.36. The number of aromatic nitrogens is 3. The fourth-order valence-corrected chi connectivity index (χ4v) is 4.05. The number of phenolic OH excluding ortho intramolecular Hbond substituents is 1. The number of hydrogen-bond donors (Lipinski definition) is 2. The van der Waals surface area contributed by atoms with Gasteiger partial charge in [0, 0.05) is 5.54 Å². The van der Waals surface area contributed by atoms with Crippen molar-refractivity contribution in [2.45, 2.75) is 45.3 Å². The zero-order chi connectivity index (χ0) is 26.6. The van der Waals surface area contributed by atoms with Gasteiger partial charge in [-0.2, -0.15) is 0 Å². The number of amides is 2. The van der Waals surface area contributed by atoms with E-state index in [4.69, 9.17) is 4.74 Å². The number of ether oxygens (including phenoxy) is 1. The molecule has 0 aliphatic heterocycles. The molecule has 0 fully saturated rings. The van der Waals surface area contributed by atoms with Gasteiger partial charge in [-0.05, 0) is 62.2 Å². The van der Waals surface area contributed by atoms with Crippen LogP contribution in [0.4, 0.5) is 5.69 Å². The fourth-order valence-electron chi connectivity index (χ4n) is 4.05. The highest BCUT2D eigenvalue weighted by atomic mass is 16.5. The van der Waals surface area contributed by atoms with E-state index in [2.05, 4.69) is 15.6 Å². The molecule has 3 aromatic carbocycles. The Kier molecular flexibility index (Phi) is 7.42. The number of aromatic hydroxyl groups is 1. The van der Waals surface area contributed by atoms with Crippen molar-refractivity contribution < 1.29 is 19.4 Å². The van der Waals surface area contributed by atoms with Gasteiger partial charge in [-0.3, -0.25) is 14.5 Å². The first kappa shape index (κ1) is 25.7. The van der Waals surface area contributed by atoms with Crippen molar-refractivity contribution in [2.75, 3.05) is 12.0 Å². The average molecular weight is 502 g/mol. The van der Waals surface area contributed by atoms with Crippen LogP contribution in [0.1, 0.15) is 38.8 Å². The molecule has 2 N–H and O–H groups in total. The predicted molar refractivity (Wildman–Crippen MR) is 141 cm³/mol. The lowest BCUT2D eigenvalue weighted by Gasteiger charge is -2.35. The molecular weight excluding hydrogens is 470 g/mol. The molecule has 9 nitrogen and oxygen atoms in total. The molecule has 0 aliphatic carbocycles. The zero-order valence-corrected chi connectivity index (χ0v) is 21.4. The molecule has 1 heterocycles. The molecule has 4 rings (SSSR count). The highest BCUT2D eigenvalue weighted by Gasteiger charge is 2.36. The summed E-state index contributed by atoms with van der Waals surface area (Å²) < 4.78 is 7.10. The number of methoxy groups -OCH3 is 1. The summed E-state index contributed by atoms with van der Waals surface area (Å²) in [7, 11) is 1.52. The van der Waals surface area contributed by atoms with Crippen molar-refractivity contribution in [3.05, 3.63) is 78.4 Å². The summed E-state index contributed by atoms with van der Waals surface area (Å²) in [5.41, 5.74) is 1.82. The van der Waals surface area contributed by atoms with E-state index in [1.807, 2.05) is 45.0 Å². The summed E-state index contributed by atoms with van der Waals surface area (Å²) in [5.74, 6) is -0.255. The monoisotopic (exact) mass is 501 g/mol. The van der Waals surface area contributed by atoms with E-state index in [1.165, 1.54) is 28.8 Å². The molecule has 2 amide bonds. The number of benzene rings is 3. The number of carbonyl (C=O) groups excluding carboxylic acids is 2. The predicted octanol–water partition coefficient (Wildman–Crippen LogP) is 4.22. The SMILES string of the molecule is CCC(C)(C)NC(=O)C(c1ccc(O)cc1)N(C(=O)Cn1nnc2ccccc21)c1ccccc1OC. The van der Waals surface area contributed by atoms with Crippen LogP contribution in [0.15, 0.2) is 72.8 Å². The normalized spacial score (nSPS) is 12.2. The Hall–Kier alpha value is -4.40. The number of nitrogens with one attached hydrogen (secondary N) is 1. The number of rotatable bonds is 9. The lowest BCUT2D eigenvalue weighted by Crippen LogP contribution is -2.51. The van der Waals surface area contributed by atoms with Gasteiger partial charge in [-0.15, -0.1) is 5.10 Å². The summed E-state index contributed by atoms with van der Waals surface area (Å²) in [5, 5.41) is 21.3. The lowest BCUT2D eigenvalue weighted by atomic mass is 9.98. The average Bonchev–Trinajstić information content (AvgIpc) is 3.30. The lowest BCUT2D eigenvalue weighted by molar-refractivity contribution is -0.128. The van der Waals surface area contributed by atoms with Crippen LogP contribution >= 0.6 is 0 Å². The van der Waals surface area contributed by atoms with Crippen LogP contribution in [-0.2, 0) is 16.1 Å². The highest BCUT2D eigenvalue weighted by molar-refractivity contribution is 6.02. The maximum Gasteiger partial charge on any atom is 0.249 e. The molecule has 0 bridgehead atoms. The van der Waals surface area contributed by atoms with Crippen molar-refractivity contribution in [3.63, 3.8) is 0 Å². The smallest absolute Gasteiger partial charge is 0.249 e. The van der Waals surface area contributed by atoms with Gasteiger partial charge in [0.05, 0.1) is 18.3 Å². The van der Waals surface area contributed by atoms with Gasteiger partial charge in [-0.25, -0.2) is 4.68 Å². The standard InChI is InChI=1S/C28H31N5O4/c1-5-28(2,3)29-27(36)26(19-14-16-20(34)17-15-19)33(23-12-8-9-13-24(23)37-4)25(35)18-32-22-11-7-6-10-21(22)30-31-32/h6-17,26,34H,5,18H2,1-4H3,(H,29,36). The topological polar surface area (TPSA) is 110 Å². The van der Waals surface area contributed by atoms with E-state index < -0.39 is 11.6 Å². The number of para-hydroxylation sites is 3. The maximum absolute atomic E-state index is 14.1. The summed E-state index contributed by atoms with van der Waals surface area (Å²) in [4.78, 5) is 29.4. The summed E-state index contributed by atoms with van der Waals surface area (Å²) in [6.45, 7) is 5.68. The van der Waals surface area contributed by atoms with Crippen LogP contribution in [0.25, 0.3) is 11.0 Å². The first-order valence-electron chi connectivity index (χ1n) is 12.1. The third-order valence-electron chi connectivity index (χ3n) is 6.38. The Morgan fingerprint density at radius 1 is 1.05 bits per heavy atom. The van der Waals surface area contributed by atoms with E-state index in [9.17, 15) is 14.7 Å². The van der Waals surface area contributed by atoms with Crippen LogP contribution in [0.2, 0.25) is 0 Å². The second-order valence-electron chi connectivity index (χ2n) is 9.39. The molecule has 0 spiro atoms. The van der Waals surface area contributed by atoms with E-state index in [-0.39, 0.29) is 24.1 Å². The van der Waals surface area contributed by atoms with Gasteiger partial charge >= 0.3 is 0 Å². The number of phenols is 1. The second-order valence-corrected chi connectivity index (χ2v) is 9.39. The first-order chi connectivity index (χ1) is 17.7. The summed E-state index contributed by atoms with van der Waals surface area (Å²) in [6.07, 6.45) is 0.689. The Morgan fingerprint density at radius 3 is 2.43 bits per heavy atom. The molecular formula is C28H31N5O4. The van der Waals surface area contributed by atoms with E-state index in [0.29, 0.717) is 34.5 Å². The van der Waals surface area contributed by atoms with Gasteiger partial charge in [0.2, 0.25) is 11.8 Å². The van der Waals surface area contributed by atoms with Crippen molar-refractivity contribution >= 4 is 28.5 Å². The van der Waals surface area contributed by atoms with Crippen LogP contribution in [0.3, 0.4) is 0 Å². The van der Waals surface area contributed by atoms with Crippen LogP contribution in [0, 0.1) is 0 Å². The molecule has 192 valence electrons. The van der Waals surface area contributed by atoms with Gasteiger partial charge in [0.25, 0.3) is 0 Å². The molecule has 37 heavy (non-hydrogen) atoms. The number of nitrogens with zero attached hydrogens (tertiary/aromatic N) is 4. The van der Waals surface area contributed by atoms with Gasteiger partial charge < -0.3 is 15.2 Å². The van der Waals surface area contributed by atoms with Gasteiger partial charge in [0.1, 0.15) is 29.6 Å². The number of hydrogen-bond acceptors (Lipinski definition) is 6. The van der Waals surface area contributed by atoms with Gasteiger partial charge in [-0.1, -0.05) is 48.5 Å². The van der Waals surface area contributed by atoms with E-state index in [1.54, 1.807) is 36.4 Å². The van der Waals surface area contributed by atoms with Crippen molar-refractivity contribution in [1.29, 1.82) is 0 Å². The molecule has 1 aromatic heterocycles. The third kappa shape index (κ3) is 5.55. The minimum absolute atomic E-state index is 0.0565. The fraction of sp³-hybridized carbons (Fsp3) is 0.286. The van der Waals surface area contributed by atoms with Crippen molar-refractivity contribution in [1.82, 2.24) is 20.3 Å². The van der Waals surface area contributed by atoms with Crippen LogP contribution in [-0.4, -0.2) is 44.6 Å². The molecule has 4 aromatic rings. The van der Waals surface area contributed by atoms with Crippen LogP contribution < -0.4 is 15.0 Å². The number of carbonyl (C=O) groups is 2. The second kappa shape index (κ2) is 10.7. The molecule has 0 radical (unpaired) electrons. The molecule has 9 heteroatoms. The first-order valence-corrected chi connectivity index (χ1v) is 12.1. The zero-order valence-electron chi connectivity index (χ0n) is 21.4.